The van der Waals surface area contributed by atoms with Crippen molar-refractivity contribution in [1.29, 1.82) is 0 Å². The number of likely N-dealkylation sites (tertiary alicyclic amines) is 1. The van der Waals surface area contributed by atoms with E-state index >= 15 is 0 Å². The Balaban J connectivity index is 1.42. The number of aromatic nitrogens is 5. The number of benzene rings is 1. The highest BCUT2D eigenvalue weighted by Crippen LogP contribution is 2.37. The van der Waals surface area contributed by atoms with Gasteiger partial charge in [-0.3, -0.25) is 4.98 Å². The lowest BCUT2D eigenvalue weighted by Crippen LogP contribution is -2.35. The van der Waals surface area contributed by atoms with Gasteiger partial charge in [-0.15, -0.1) is 0 Å². The number of carbonyl (C=O) groups is 1. The number of nitrogens with two attached hydrogens (primary N) is 1. The van der Waals surface area contributed by atoms with Gasteiger partial charge in [-0.05, 0) is 57.5 Å². The highest BCUT2D eigenvalue weighted by Gasteiger charge is 2.33. The van der Waals surface area contributed by atoms with E-state index in [1.54, 1.807) is 23.2 Å². The van der Waals surface area contributed by atoms with Crippen molar-refractivity contribution in [1.82, 2.24) is 29.6 Å². The van der Waals surface area contributed by atoms with Crippen LogP contribution >= 0.6 is 11.6 Å². The van der Waals surface area contributed by atoms with Gasteiger partial charge in [0.25, 0.3) is 0 Å². The molecule has 4 aromatic rings. The first-order valence-electron chi connectivity index (χ1n) is 12.0. The zero-order chi connectivity index (χ0) is 26.2. The number of hydrogen-bond acceptors (Lipinski definition) is 8. The molecule has 37 heavy (non-hydrogen) atoms. The standard InChI is InChI=1S/C26H28ClN7O3/c1-26(2,3)37-25(35)33-11-9-18(13-33)34-24-21(23(28)30-15-31-24)22(32-34)16-7-8-20(19(27)12-16)36-14-17-6-4-5-10-29-17/h4-8,10,12,15,18H,9,11,13-14H2,1-3H3,(H2,28,30,31). The summed E-state index contributed by atoms with van der Waals surface area (Å²) in [6, 6.07) is 11.0. The Hall–Kier alpha value is -3.92. The minimum absolute atomic E-state index is 0.0884. The van der Waals surface area contributed by atoms with Crippen molar-refractivity contribution in [3.05, 3.63) is 59.6 Å². The monoisotopic (exact) mass is 521 g/mol. The summed E-state index contributed by atoms with van der Waals surface area (Å²) in [5.74, 6) is 0.854. The second-order valence-electron chi connectivity index (χ2n) is 9.87. The average molecular weight is 522 g/mol. The third-order valence-electron chi connectivity index (χ3n) is 5.99. The normalized spacial score (nSPS) is 15.8. The Morgan fingerprint density at radius 2 is 2.03 bits per heavy atom. The van der Waals surface area contributed by atoms with Crippen LogP contribution in [0.1, 0.15) is 38.9 Å². The van der Waals surface area contributed by atoms with Crippen LogP contribution in [0.25, 0.3) is 22.3 Å². The van der Waals surface area contributed by atoms with Crippen molar-refractivity contribution >= 4 is 34.5 Å². The molecule has 1 atom stereocenters. The number of amides is 1. The molecule has 1 aliphatic rings. The van der Waals surface area contributed by atoms with E-state index in [4.69, 9.17) is 31.9 Å². The SMILES string of the molecule is CC(C)(C)OC(=O)N1CCC(n2nc(-c3ccc(OCc4ccccn4)c(Cl)c3)c3c(N)ncnc32)C1. The molecule has 11 heteroatoms. The summed E-state index contributed by atoms with van der Waals surface area (Å²) >= 11 is 6.58. The number of hydrogen-bond donors (Lipinski definition) is 1. The van der Waals surface area contributed by atoms with Crippen LogP contribution in [0.2, 0.25) is 5.02 Å². The lowest BCUT2D eigenvalue weighted by atomic mass is 10.1. The highest BCUT2D eigenvalue weighted by molar-refractivity contribution is 6.32. The number of nitrogen functional groups attached to an aromatic ring is 1. The van der Waals surface area contributed by atoms with Gasteiger partial charge in [0.1, 0.15) is 35.8 Å². The lowest BCUT2D eigenvalue weighted by Gasteiger charge is -2.24. The molecule has 0 aliphatic carbocycles. The van der Waals surface area contributed by atoms with Crippen LogP contribution < -0.4 is 10.5 Å². The molecule has 3 aromatic heterocycles. The smallest absolute Gasteiger partial charge is 0.410 e. The summed E-state index contributed by atoms with van der Waals surface area (Å²) in [5, 5.41) is 5.95. The molecule has 1 saturated heterocycles. The zero-order valence-corrected chi connectivity index (χ0v) is 21.6. The van der Waals surface area contributed by atoms with E-state index in [0.717, 1.165) is 11.3 Å². The van der Waals surface area contributed by atoms with Gasteiger partial charge in [-0.1, -0.05) is 17.7 Å². The predicted octanol–water partition coefficient (Wildman–Crippen LogP) is 4.88. The summed E-state index contributed by atoms with van der Waals surface area (Å²) < 4.78 is 13.2. The summed E-state index contributed by atoms with van der Waals surface area (Å²) in [6.45, 7) is 6.87. The Morgan fingerprint density at radius 3 is 2.76 bits per heavy atom. The van der Waals surface area contributed by atoms with E-state index in [2.05, 4.69) is 15.0 Å². The van der Waals surface area contributed by atoms with Crippen LogP contribution in [-0.2, 0) is 11.3 Å². The van der Waals surface area contributed by atoms with Gasteiger partial charge in [0, 0.05) is 24.8 Å². The maximum Gasteiger partial charge on any atom is 0.410 e. The third-order valence-corrected chi connectivity index (χ3v) is 6.28. The van der Waals surface area contributed by atoms with Gasteiger partial charge >= 0.3 is 6.09 Å². The number of fused-ring (bicyclic) bond motifs is 1. The van der Waals surface area contributed by atoms with E-state index in [9.17, 15) is 4.79 Å². The number of anilines is 1. The molecule has 0 saturated carbocycles. The fraction of sp³-hybridized carbons (Fsp3) is 0.346. The molecule has 5 rings (SSSR count). The number of nitrogens with zero attached hydrogens (tertiary/aromatic N) is 6. The molecule has 1 unspecified atom stereocenters. The number of halogens is 1. The van der Waals surface area contributed by atoms with Crippen LogP contribution in [0.5, 0.6) is 5.75 Å². The summed E-state index contributed by atoms with van der Waals surface area (Å²) in [5.41, 5.74) is 8.48. The van der Waals surface area contributed by atoms with Crippen molar-refractivity contribution in [2.24, 2.45) is 0 Å². The molecule has 10 nitrogen and oxygen atoms in total. The van der Waals surface area contributed by atoms with E-state index in [0.29, 0.717) is 59.4 Å². The van der Waals surface area contributed by atoms with Crippen LogP contribution in [0.4, 0.5) is 10.6 Å². The molecule has 0 spiro atoms. The Bertz CT molecular complexity index is 1440. The molecule has 1 amide bonds. The minimum atomic E-state index is -0.560. The second-order valence-corrected chi connectivity index (χ2v) is 10.3. The lowest BCUT2D eigenvalue weighted by molar-refractivity contribution is 0.0288. The summed E-state index contributed by atoms with van der Waals surface area (Å²) in [6.07, 6.45) is 3.50. The van der Waals surface area contributed by atoms with E-state index < -0.39 is 5.60 Å². The third kappa shape index (κ3) is 5.29. The van der Waals surface area contributed by atoms with Gasteiger partial charge in [0.15, 0.2) is 5.65 Å². The molecule has 0 radical (unpaired) electrons. The maximum absolute atomic E-state index is 12.6. The summed E-state index contributed by atoms with van der Waals surface area (Å²) in [7, 11) is 0. The maximum atomic E-state index is 12.6. The van der Waals surface area contributed by atoms with Crippen molar-refractivity contribution in [2.75, 3.05) is 18.8 Å². The molecule has 0 bridgehead atoms. The quantitative estimate of drug-likeness (QED) is 0.394. The van der Waals surface area contributed by atoms with Gasteiger partial charge < -0.3 is 20.1 Å². The van der Waals surface area contributed by atoms with Crippen LogP contribution in [0.3, 0.4) is 0 Å². The molecular formula is C26H28ClN7O3. The average Bonchev–Trinajstić information content (AvgIpc) is 3.49. The highest BCUT2D eigenvalue weighted by atomic mass is 35.5. The van der Waals surface area contributed by atoms with Gasteiger partial charge in [0.05, 0.1) is 22.1 Å². The second kappa shape index (κ2) is 9.85. The van der Waals surface area contributed by atoms with E-state index in [1.807, 2.05) is 49.7 Å². The predicted molar refractivity (Wildman–Crippen MR) is 140 cm³/mol. The van der Waals surface area contributed by atoms with Crippen molar-refractivity contribution in [3.63, 3.8) is 0 Å². The van der Waals surface area contributed by atoms with Gasteiger partial charge in [-0.25, -0.2) is 19.4 Å². The number of rotatable bonds is 5. The van der Waals surface area contributed by atoms with Crippen LogP contribution in [0, 0.1) is 0 Å². The van der Waals surface area contributed by atoms with E-state index in [-0.39, 0.29) is 12.1 Å². The number of pyridine rings is 1. The van der Waals surface area contributed by atoms with E-state index in [1.165, 1.54) is 6.33 Å². The Kier molecular flexibility index (Phi) is 6.59. The first-order chi connectivity index (χ1) is 17.7. The molecule has 1 aliphatic heterocycles. The van der Waals surface area contributed by atoms with Crippen LogP contribution in [0.15, 0.2) is 48.9 Å². The van der Waals surface area contributed by atoms with Crippen LogP contribution in [-0.4, -0.2) is 54.4 Å². The van der Waals surface area contributed by atoms with Crippen molar-refractivity contribution in [3.8, 4) is 17.0 Å². The van der Waals surface area contributed by atoms with Crippen molar-refractivity contribution in [2.45, 2.75) is 45.4 Å². The molecular weight excluding hydrogens is 494 g/mol. The van der Waals surface area contributed by atoms with Gasteiger partial charge in [-0.2, -0.15) is 5.10 Å². The topological polar surface area (TPSA) is 121 Å². The molecule has 2 N–H and O–H groups in total. The fourth-order valence-corrected chi connectivity index (χ4v) is 4.52. The summed E-state index contributed by atoms with van der Waals surface area (Å²) in [4.78, 5) is 27.2. The molecule has 4 heterocycles. The minimum Gasteiger partial charge on any atom is -0.486 e. The first kappa shape index (κ1) is 24.8. The Labute approximate surface area is 219 Å². The zero-order valence-electron chi connectivity index (χ0n) is 20.9. The van der Waals surface area contributed by atoms with Crippen molar-refractivity contribution < 1.29 is 14.3 Å². The molecule has 192 valence electrons. The number of ether oxygens (including phenoxy) is 2. The Morgan fingerprint density at radius 1 is 1.19 bits per heavy atom. The number of carbonyl (C=O) groups excluding carboxylic acids is 1. The molecule has 1 fully saturated rings. The molecule has 1 aromatic carbocycles. The van der Waals surface area contributed by atoms with Gasteiger partial charge in [0.2, 0.25) is 0 Å². The first-order valence-corrected chi connectivity index (χ1v) is 12.4. The fourth-order valence-electron chi connectivity index (χ4n) is 4.29. The largest absolute Gasteiger partial charge is 0.486 e.